The summed E-state index contributed by atoms with van der Waals surface area (Å²) in [5.41, 5.74) is 0.695. The Morgan fingerprint density at radius 3 is 2.61 bits per heavy atom. The molecule has 0 fully saturated rings. The number of carbonyl (C=O) groups is 1. The second kappa shape index (κ2) is 5.54. The van der Waals surface area contributed by atoms with Gasteiger partial charge in [-0.3, -0.25) is 4.79 Å². The number of fused-ring (bicyclic) bond motifs is 1. The summed E-state index contributed by atoms with van der Waals surface area (Å²) >= 11 is 0. The number of hydrogen-bond acceptors (Lipinski definition) is 2. The highest BCUT2D eigenvalue weighted by Gasteiger charge is 2.05. The summed E-state index contributed by atoms with van der Waals surface area (Å²) < 4.78 is 5.17. The summed E-state index contributed by atoms with van der Waals surface area (Å²) in [5, 5.41) is 4.98. The monoisotopic (exact) mass is 243 g/mol. The topological polar surface area (TPSA) is 38.3 Å². The molecule has 0 aliphatic heterocycles. The van der Waals surface area contributed by atoms with Gasteiger partial charge in [-0.05, 0) is 41.5 Å². The van der Waals surface area contributed by atoms with Gasteiger partial charge >= 0.3 is 0 Å². The van der Waals surface area contributed by atoms with Gasteiger partial charge in [0, 0.05) is 12.1 Å². The van der Waals surface area contributed by atoms with Crippen molar-refractivity contribution in [1.82, 2.24) is 5.32 Å². The first-order chi connectivity index (χ1) is 8.74. The van der Waals surface area contributed by atoms with E-state index >= 15 is 0 Å². The maximum absolute atomic E-state index is 11.8. The predicted octanol–water partition coefficient (Wildman–Crippen LogP) is 2.99. The minimum Gasteiger partial charge on any atom is -0.497 e. The average molecular weight is 243 g/mol. The van der Waals surface area contributed by atoms with Crippen molar-refractivity contribution in [3.05, 3.63) is 42.0 Å². The van der Waals surface area contributed by atoms with E-state index in [0.717, 1.165) is 22.9 Å². The number of ether oxygens (including phenoxy) is 1. The van der Waals surface area contributed by atoms with E-state index in [9.17, 15) is 4.79 Å². The number of methoxy groups -OCH3 is 1. The largest absolute Gasteiger partial charge is 0.497 e. The molecule has 0 aliphatic rings. The summed E-state index contributed by atoms with van der Waals surface area (Å²) in [7, 11) is 1.65. The van der Waals surface area contributed by atoms with Gasteiger partial charge in [-0.15, -0.1) is 0 Å². The SMILES string of the molecule is CCCNC(=O)c1ccc2cc(OC)ccc2c1. The molecule has 0 spiro atoms. The van der Waals surface area contributed by atoms with E-state index in [0.29, 0.717) is 12.1 Å². The van der Waals surface area contributed by atoms with Gasteiger partial charge in [0.1, 0.15) is 5.75 Å². The molecule has 0 atom stereocenters. The van der Waals surface area contributed by atoms with Crippen molar-refractivity contribution in [2.45, 2.75) is 13.3 Å². The highest BCUT2D eigenvalue weighted by molar-refractivity contribution is 5.98. The molecule has 2 aromatic rings. The summed E-state index contributed by atoms with van der Waals surface area (Å²) in [6.45, 7) is 2.74. The molecule has 2 rings (SSSR count). The summed E-state index contributed by atoms with van der Waals surface area (Å²) in [6.07, 6.45) is 0.941. The lowest BCUT2D eigenvalue weighted by Crippen LogP contribution is -2.23. The molecule has 1 N–H and O–H groups in total. The molecule has 94 valence electrons. The molecule has 0 aromatic heterocycles. The number of rotatable bonds is 4. The lowest BCUT2D eigenvalue weighted by molar-refractivity contribution is 0.0954. The number of nitrogens with one attached hydrogen (secondary N) is 1. The van der Waals surface area contributed by atoms with E-state index in [1.165, 1.54) is 0 Å². The van der Waals surface area contributed by atoms with Gasteiger partial charge in [-0.25, -0.2) is 0 Å². The fraction of sp³-hybridized carbons (Fsp3) is 0.267. The average Bonchev–Trinajstić information content (AvgIpc) is 2.43. The molecule has 18 heavy (non-hydrogen) atoms. The molecule has 0 radical (unpaired) electrons. The van der Waals surface area contributed by atoms with E-state index in [4.69, 9.17) is 4.74 Å². The van der Waals surface area contributed by atoms with Gasteiger partial charge in [-0.1, -0.05) is 19.1 Å². The second-order valence-corrected chi connectivity index (χ2v) is 4.18. The minimum absolute atomic E-state index is 0.0189. The van der Waals surface area contributed by atoms with Crippen LogP contribution < -0.4 is 10.1 Å². The molecule has 0 bridgehead atoms. The van der Waals surface area contributed by atoms with Gasteiger partial charge in [0.05, 0.1) is 7.11 Å². The van der Waals surface area contributed by atoms with Crippen LogP contribution in [-0.4, -0.2) is 19.6 Å². The molecule has 0 heterocycles. The maximum Gasteiger partial charge on any atom is 0.251 e. The smallest absolute Gasteiger partial charge is 0.251 e. The fourth-order valence-electron chi connectivity index (χ4n) is 1.83. The molecule has 0 saturated heterocycles. The van der Waals surface area contributed by atoms with Crippen LogP contribution in [0.3, 0.4) is 0 Å². The fourth-order valence-corrected chi connectivity index (χ4v) is 1.83. The molecule has 0 unspecified atom stereocenters. The van der Waals surface area contributed by atoms with Crippen LogP contribution in [-0.2, 0) is 0 Å². The van der Waals surface area contributed by atoms with Crippen LogP contribution >= 0.6 is 0 Å². The molecule has 0 saturated carbocycles. The molecule has 1 amide bonds. The van der Waals surface area contributed by atoms with Crippen molar-refractivity contribution in [1.29, 1.82) is 0 Å². The first-order valence-corrected chi connectivity index (χ1v) is 6.10. The molecular formula is C15H17NO2. The van der Waals surface area contributed by atoms with Gasteiger partial charge in [0.25, 0.3) is 5.91 Å². The highest BCUT2D eigenvalue weighted by Crippen LogP contribution is 2.21. The number of amides is 1. The van der Waals surface area contributed by atoms with Crippen LogP contribution in [0.25, 0.3) is 10.8 Å². The summed E-state index contributed by atoms with van der Waals surface area (Å²) in [6, 6.07) is 11.5. The van der Waals surface area contributed by atoms with E-state index in [-0.39, 0.29) is 5.91 Å². The van der Waals surface area contributed by atoms with E-state index in [2.05, 4.69) is 5.32 Å². The van der Waals surface area contributed by atoms with Crippen LogP contribution in [0.2, 0.25) is 0 Å². The molecule has 3 nitrogen and oxygen atoms in total. The van der Waals surface area contributed by atoms with Gasteiger partial charge in [0.15, 0.2) is 0 Å². The summed E-state index contributed by atoms with van der Waals surface area (Å²) in [5.74, 6) is 0.806. The Morgan fingerprint density at radius 1 is 1.17 bits per heavy atom. The zero-order chi connectivity index (χ0) is 13.0. The quantitative estimate of drug-likeness (QED) is 0.896. The van der Waals surface area contributed by atoms with Gasteiger partial charge < -0.3 is 10.1 Å². The second-order valence-electron chi connectivity index (χ2n) is 4.18. The third-order valence-electron chi connectivity index (χ3n) is 2.85. The Hall–Kier alpha value is -2.03. The van der Waals surface area contributed by atoms with E-state index in [1.54, 1.807) is 7.11 Å². The first kappa shape index (κ1) is 12.4. The molecule has 0 aliphatic carbocycles. The van der Waals surface area contributed by atoms with Crippen molar-refractivity contribution in [3.8, 4) is 5.75 Å². The van der Waals surface area contributed by atoms with Gasteiger partial charge in [-0.2, -0.15) is 0 Å². The van der Waals surface area contributed by atoms with Crippen LogP contribution in [0, 0.1) is 0 Å². The number of hydrogen-bond donors (Lipinski definition) is 1. The van der Waals surface area contributed by atoms with E-state index < -0.39 is 0 Å². The highest BCUT2D eigenvalue weighted by atomic mass is 16.5. The van der Waals surface area contributed by atoms with Gasteiger partial charge in [0.2, 0.25) is 0 Å². The predicted molar refractivity (Wildman–Crippen MR) is 73.1 cm³/mol. The summed E-state index contributed by atoms with van der Waals surface area (Å²) in [4.78, 5) is 11.8. The zero-order valence-electron chi connectivity index (χ0n) is 10.7. The van der Waals surface area contributed by atoms with Crippen molar-refractivity contribution in [2.75, 3.05) is 13.7 Å². The Morgan fingerprint density at radius 2 is 1.89 bits per heavy atom. The van der Waals surface area contributed by atoms with E-state index in [1.807, 2.05) is 43.3 Å². The first-order valence-electron chi connectivity index (χ1n) is 6.10. The minimum atomic E-state index is -0.0189. The van der Waals surface area contributed by atoms with Crippen molar-refractivity contribution in [2.24, 2.45) is 0 Å². The zero-order valence-corrected chi connectivity index (χ0v) is 10.7. The Bertz CT molecular complexity index is 563. The van der Waals surface area contributed by atoms with Crippen LogP contribution in [0.5, 0.6) is 5.75 Å². The van der Waals surface area contributed by atoms with Crippen LogP contribution in [0.4, 0.5) is 0 Å². The number of benzene rings is 2. The Labute approximate surface area is 107 Å². The molecular weight excluding hydrogens is 226 g/mol. The third kappa shape index (κ3) is 2.62. The van der Waals surface area contributed by atoms with Crippen LogP contribution in [0.15, 0.2) is 36.4 Å². The van der Waals surface area contributed by atoms with Crippen molar-refractivity contribution in [3.63, 3.8) is 0 Å². The Balaban J connectivity index is 2.30. The molecule has 3 heteroatoms. The lowest BCUT2D eigenvalue weighted by Gasteiger charge is -2.06. The van der Waals surface area contributed by atoms with Crippen molar-refractivity contribution >= 4 is 16.7 Å². The maximum atomic E-state index is 11.8. The third-order valence-corrected chi connectivity index (χ3v) is 2.85. The standard InChI is InChI=1S/C15H17NO2/c1-3-8-16-15(17)13-5-4-12-10-14(18-2)7-6-11(12)9-13/h4-7,9-10H,3,8H2,1-2H3,(H,16,17). The van der Waals surface area contributed by atoms with Crippen molar-refractivity contribution < 1.29 is 9.53 Å². The lowest BCUT2D eigenvalue weighted by atomic mass is 10.1. The van der Waals surface area contributed by atoms with Crippen LogP contribution in [0.1, 0.15) is 23.7 Å². The Kier molecular flexibility index (Phi) is 3.82. The molecule has 2 aromatic carbocycles. The normalized spacial score (nSPS) is 10.3. The number of carbonyl (C=O) groups excluding carboxylic acids is 1.